The van der Waals surface area contributed by atoms with Crippen LogP contribution in [0.15, 0.2) is 24.3 Å². The van der Waals surface area contributed by atoms with Crippen molar-refractivity contribution in [2.45, 2.75) is 33.1 Å². The summed E-state index contributed by atoms with van der Waals surface area (Å²) in [5.74, 6) is 1.07. The topological polar surface area (TPSA) is 50.8 Å². The standard InChI is InChI=1S/C19H32N2O3/c1-5-21(6-2)12-14-24-13-11-20-19(22)15-16(3)17-7-9-18(23-4)10-8-17/h7-10,16H,5-6,11-15H2,1-4H3,(H,20,22). The van der Waals surface area contributed by atoms with Crippen molar-refractivity contribution in [3.05, 3.63) is 29.8 Å². The van der Waals surface area contributed by atoms with E-state index in [0.29, 0.717) is 26.2 Å². The molecule has 0 spiro atoms. The second-order valence-electron chi connectivity index (χ2n) is 5.87. The summed E-state index contributed by atoms with van der Waals surface area (Å²) in [7, 11) is 1.65. The maximum atomic E-state index is 12.0. The van der Waals surface area contributed by atoms with E-state index >= 15 is 0 Å². The Labute approximate surface area is 146 Å². The van der Waals surface area contributed by atoms with Gasteiger partial charge in [0.15, 0.2) is 0 Å². The molecule has 5 nitrogen and oxygen atoms in total. The maximum absolute atomic E-state index is 12.0. The van der Waals surface area contributed by atoms with Crippen LogP contribution in [-0.2, 0) is 9.53 Å². The number of ether oxygens (including phenoxy) is 2. The number of rotatable bonds is 12. The molecule has 24 heavy (non-hydrogen) atoms. The van der Waals surface area contributed by atoms with Gasteiger partial charge in [-0.3, -0.25) is 4.79 Å². The number of carbonyl (C=O) groups excluding carboxylic acids is 1. The van der Waals surface area contributed by atoms with Crippen LogP contribution in [0.3, 0.4) is 0 Å². The molecule has 0 aliphatic carbocycles. The van der Waals surface area contributed by atoms with Gasteiger partial charge in [-0.15, -0.1) is 0 Å². The molecule has 1 aromatic carbocycles. The Morgan fingerprint density at radius 1 is 1.17 bits per heavy atom. The molecule has 136 valence electrons. The third-order valence-corrected chi connectivity index (χ3v) is 4.19. The molecule has 1 N–H and O–H groups in total. The number of nitrogens with one attached hydrogen (secondary N) is 1. The summed E-state index contributed by atoms with van der Waals surface area (Å²) in [5, 5.41) is 2.92. The highest BCUT2D eigenvalue weighted by atomic mass is 16.5. The number of methoxy groups -OCH3 is 1. The molecule has 1 amide bonds. The monoisotopic (exact) mass is 336 g/mol. The molecular weight excluding hydrogens is 304 g/mol. The lowest BCUT2D eigenvalue weighted by Gasteiger charge is -2.17. The van der Waals surface area contributed by atoms with Crippen molar-refractivity contribution < 1.29 is 14.3 Å². The highest BCUT2D eigenvalue weighted by Crippen LogP contribution is 2.21. The van der Waals surface area contributed by atoms with E-state index in [2.05, 4.69) is 31.0 Å². The number of likely N-dealkylation sites (N-methyl/N-ethyl adjacent to an activating group) is 1. The van der Waals surface area contributed by atoms with Gasteiger partial charge in [-0.25, -0.2) is 0 Å². The van der Waals surface area contributed by atoms with E-state index in [0.717, 1.165) is 30.9 Å². The first kappa shape index (κ1) is 20.5. The molecular formula is C19H32N2O3. The molecule has 0 aromatic heterocycles. The van der Waals surface area contributed by atoms with Gasteiger partial charge in [0.05, 0.1) is 20.3 Å². The van der Waals surface area contributed by atoms with Crippen LogP contribution in [0.1, 0.15) is 38.7 Å². The molecule has 0 aliphatic rings. The van der Waals surface area contributed by atoms with E-state index in [1.54, 1.807) is 7.11 Å². The van der Waals surface area contributed by atoms with Gasteiger partial charge in [0.25, 0.3) is 0 Å². The van der Waals surface area contributed by atoms with Crippen molar-refractivity contribution in [1.29, 1.82) is 0 Å². The Morgan fingerprint density at radius 2 is 1.83 bits per heavy atom. The van der Waals surface area contributed by atoms with E-state index in [4.69, 9.17) is 9.47 Å². The lowest BCUT2D eigenvalue weighted by molar-refractivity contribution is -0.121. The first-order valence-electron chi connectivity index (χ1n) is 8.81. The van der Waals surface area contributed by atoms with Gasteiger partial charge in [0, 0.05) is 19.5 Å². The summed E-state index contributed by atoms with van der Waals surface area (Å²) in [6, 6.07) is 7.86. The first-order chi connectivity index (χ1) is 11.6. The summed E-state index contributed by atoms with van der Waals surface area (Å²) in [5.41, 5.74) is 1.14. The van der Waals surface area contributed by atoms with Crippen molar-refractivity contribution in [2.75, 3.05) is 46.5 Å². The number of carbonyl (C=O) groups is 1. The fraction of sp³-hybridized carbons (Fsp3) is 0.632. The van der Waals surface area contributed by atoms with Crippen LogP contribution in [0.5, 0.6) is 5.75 Å². The first-order valence-corrected chi connectivity index (χ1v) is 8.81. The molecule has 0 saturated heterocycles. The van der Waals surface area contributed by atoms with Gasteiger partial charge < -0.3 is 19.7 Å². The fourth-order valence-electron chi connectivity index (χ4n) is 2.50. The highest BCUT2D eigenvalue weighted by Gasteiger charge is 2.11. The zero-order valence-electron chi connectivity index (χ0n) is 15.5. The second kappa shape index (κ2) is 11.9. The molecule has 0 fully saturated rings. The SMILES string of the molecule is CCN(CC)CCOCCNC(=O)CC(C)c1ccc(OC)cc1. The van der Waals surface area contributed by atoms with Gasteiger partial charge in [0.1, 0.15) is 5.75 Å². The van der Waals surface area contributed by atoms with Crippen molar-refractivity contribution >= 4 is 5.91 Å². The predicted octanol–water partition coefficient (Wildman–Crippen LogP) is 2.66. The van der Waals surface area contributed by atoms with E-state index in [1.807, 2.05) is 24.3 Å². The lowest BCUT2D eigenvalue weighted by atomic mass is 9.97. The van der Waals surface area contributed by atoms with Gasteiger partial charge >= 0.3 is 0 Å². The zero-order valence-corrected chi connectivity index (χ0v) is 15.5. The van der Waals surface area contributed by atoms with Gasteiger partial charge in [-0.05, 0) is 36.7 Å². The summed E-state index contributed by atoms with van der Waals surface area (Å²) in [4.78, 5) is 14.3. The Hall–Kier alpha value is -1.59. The summed E-state index contributed by atoms with van der Waals surface area (Å²) >= 11 is 0. The number of amides is 1. The van der Waals surface area contributed by atoms with Crippen LogP contribution < -0.4 is 10.1 Å². The minimum absolute atomic E-state index is 0.0608. The lowest BCUT2D eigenvalue weighted by Crippen LogP contribution is -2.30. The largest absolute Gasteiger partial charge is 0.497 e. The number of hydrogen-bond acceptors (Lipinski definition) is 4. The van der Waals surface area contributed by atoms with Crippen LogP contribution >= 0.6 is 0 Å². The third-order valence-electron chi connectivity index (χ3n) is 4.19. The van der Waals surface area contributed by atoms with E-state index in [9.17, 15) is 4.79 Å². The quantitative estimate of drug-likeness (QED) is 0.596. The molecule has 1 aromatic rings. The number of nitrogens with zero attached hydrogens (tertiary/aromatic N) is 1. The van der Waals surface area contributed by atoms with Crippen molar-refractivity contribution in [3.8, 4) is 5.75 Å². The Morgan fingerprint density at radius 3 is 2.42 bits per heavy atom. The summed E-state index contributed by atoms with van der Waals surface area (Å²) < 4.78 is 10.7. The average molecular weight is 336 g/mol. The molecule has 1 unspecified atom stereocenters. The van der Waals surface area contributed by atoms with Crippen LogP contribution in [0.2, 0.25) is 0 Å². The fourth-order valence-corrected chi connectivity index (χ4v) is 2.50. The van der Waals surface area contributed by atoms with Crippen LogP contribution in [0.4, 0.5) is 0 Å². The minimum Gasteiger partial charge on any atom is -0.497 e. The van der Waals surface area contributed by atoms with E-state index in [1.165, 1.54) is 0 Å². The summed E-state index contributed by atoms with van der Waals surface area (Å²) in [6.45, 7) is 11.2. The van der Waals surface area contributed by atoms with Crippen molar-refractivity contribution in [3.63, 3.8) is 0 Å². The smallest absolute Gasteiger partial charge is 0.220 e. The molecule has 1 rings (SSSR count). The van der Waals surface area contributed by atoms with Crippen LogP contribution in [0.25, 0.3) is 0 Å². The normalized spacial score (nSPS) is 12.2. The minimum atomic E-state index is 0.0608. The van der Waals surface area contributed by atoms with Crippen LogP contribution in [0, 0.1) is 0 Å². The van der Waals surface area contributed by atoms with Gasteiger partial charge in [0.2, 0.25) is 5.91 Å². The Balaban J connectivity index is 2.16. The van der Waals surface area contributed by atoms with Crippen molar-refractivity contribution in [2.24, 2.45) is 0 Å². The van der Waals surface area contributed by atoms with E-state index in [-0.39, 0.29) is 11.8 Å². The summed E-state index contributed by atoms with van der Waals surface area (Å²) in [6.07, 6.45) is 0.478. The highest BCUT2D eigenvalue weighted by molar-refractivity contribution is 5.76. The molecule has 0 bridgehead atoms. The van der Waals surface area contributed by atoms with Crippen LogP contribution in [-0.4, -0.2) is 57.3 Å². The molecule has 5 heteroatoms. The van der Waals surface area contributed by atoms with Gasteiger partial charge in [-0.2, -0.15) is 0 Å². The zero-order chi connectivity index (χ0) is 17.8. The Bertz CT molecular complexity index is 458. The maximum Gasteiger partial charge on any atom is 0.220 e. The average Bonchev–Trinajstić information content (AvgIpc) is 2.61. The predicted molar refractivity (Wildman–Crippen MR) is 97.6 cm³/mol. The molecule has 0 saturated carbocycles. The molecule has 0 heterocycles. The number of hydrogen-bond donors (Lipinski definition) is 1. The van der Waals surface area contributed by atoms with E-state index < -0.39 is 0 Å². The second-order valence-corrected chi connectivity index (χ2v) is 5.87. The molecule has 0 aliphatic heterocycles. The van der Waals surface area contributed by atoms with Gasteiger partial charge in [-0.1, -0.05) is 32.9 Å². The van der Waals surface area contributed by atoms with Crippen molar-refractivity contribution in [1.82, 2.24) is 10.2 Å². The Kier molecular flexibility index (Phi) is 10.1. The molecule has 0 radical (unpaired) electrons. The number of benzene rings is 1. The third kappa shape index (κ3) is 7.79. The molecule has 1 atom stereocenters.